The predicted molar refractivity (Wildman–Crippen MR) is 144 cm³/mol. The van der Waals surface area contributed by atoms with Crippen LogP contribution in [0, 0.1) is 11.8 Å². The monoisotopic (exact) mass is 531 g/mol. The summed E-state index contributed by atoms with van der Waals surface area (Å²) in [6, 6.07) is 7.31. The van der Waals surface area contributed by atoms with Crippen molar-refractivity contribution in [1.29, 1.82) is 0 Å². The molecule has 1 fully saturated rings. The summed E-state index contributed by atoms with van der Waals surface area (Å²) in [5.74, 6) is 1.58. The van der Waals surface area contributed by atoms with Gasteiger partial charge in [0.25, 0.3) is 0 Å². The summed E-state index contributed by atoms with van der Waals surface area (Å²) in [6.07, 6.45) is 6.47. The molecule has 6 nitrogen and oxygen atoms in total. The topological polar surface area (TPSA) is 75.5 Å². The van der Waals surface area contributed by atoms with E-state index in [9.17, 15) is 9.90 Å². The lowest BCUT2D eigenvalue weighted by atomic mass is 9.79. The van der Waals surface area contributed by atoms with Crippen molar-refractivity contribution < 1.29 is 19.0 Å². The quantitative estimate of drug-likeness (QED) is 0.200. The highest BCUT2D eigenvalue weighted by molar-refractivity contribution is 8.00. The third-order valence-corrected chi connectivity index (χ3v) is 9.12. The zero-order valence-electron chi connectivity index (χ0n) is 20.6. The molecule has 0 spiro atoms. The van der Waals surface area contributed by atoms with Crippen LogP contribution in [0.2, 0.25) is 0 Å². The van der Waals surface area contributed by atoms with Crippen LogP contribution >= 0.6 is 23.1 Å². The molecule has 4 rings (SSSR count). The number of likely N-dealkylation sites (tertiary alicyclic amines) is 1. The molecule has 194 valence electrons. The van der Waals surface area contributed by atoms with Crippen molar-refractivity contribution in [1.82, 2.24) is 14.9 Å². The average Bonchev–Trinajstić information content (AvgIpc) is 3.42. The van der Waals surface area contributed by atoms with Gasteiger partial charge in [0.1, 0.15) is 16.3 Å². The van der Waals surface area contributed by atoms with Gasteiger partial charge < -0.3 is 14.7 Å². The third kappa shape index (κ3) is 7.40. The summed E-state index contributed by atoms with van der Waals surface area (Å²) in [5, 5.41) is 12.1. The van der Waals surface area contributed by atoms with Crippen molar-refractivity contribution in [3.8, 4) is 5.75 Å². The Bertz CT molecular complexity index is 1110. The molecule has 1 aliphatic heterocycles. The SMILES string of the molecule is COc1ccc2nccc([C@@H](F)CCC3CCN(CCCSc4nccs4)CC3CCC(=O)O)c2c1. The summed E-state index contributed by atoms with van der Waals surface area (Å²) < 4.78 is 22.0. The Morgan fingerprint density at radius 2 is 2.17 bits per heavy atom. The van der Waals surface area contributed by atoms with Gasteiger partial charge in [0.2, 0.25) is 0 Å². The maximum atomic E-state index is 15.5. The molecular weight excluding hydrogens is 497 g/mol. The second kappa shape index (κ2) is 13.4. The van der Waals surface area contributed by atoms with E-state index in [2.05, 4.69) is 14.9 Å². The number of methoxy groups -OCH3 is 1. The smallest absolute Gasteiger partial charge is 0.303 e. The molecule has 9 heteroatoms. The minimum absolute atomic E-state index is 0.169. The lowest BCUT2D eigenvalue weighted by molar-refractivity contribution is -0.137. The van der Waals surface area contributed by atoms with Crippen molar-refractivity contribution >= 4 is 40.0 Å². The number of aromatic nitrogens is 2. The van der Waals surface area contributed by atoms with Crippen LogP contribution in [0.15, 0.2) is 46.4 Å². The number of benzene rings is 1. The molecule has 2 aromatic heterocycles. The summed E-state index contributed by atoms with van der Waals surface area (Å²) >= 11 is 3.46. The van der Waals surface area contributed by atoms with Gasteiger partial charge in [-0.3, -0.25) is 9.78 Å². The molecule has 0 radical (unpaired) electrons. The number of thiazole rings is 1. The Kier molecular flexibility index (Phi) is 9.95. The van der Waals surface area contributed by atoms with Crippen LogP contribution in [0.25, 0.3) is 10.9 Å². The van der Waals surface area contributed by atoms with E-state index in [1.165, 1.54) is 0 Å². The van der Waals surface area contributed by atoms with Gasteiger partial charge in [0, 0.05) is 41.9 Å². The van der Waals surface area contributed by atoms with Crippen LogP contribution in [0.4, 0.5) is 4.39 Å². The number of ether oxygens (including phenoxy) is 1. The maximum absolute atomic E-state index is 15.5. The third-order valence-electron chi connectivity index (χ3n) is 7.07. The van der Waals surface area contributed by atoms with Crippen molar-refractivity contribution in [3.05, 3.63) is 47.6 Å². The normalized spacial score (nSPS) is 19.4. The van der Waals surface area contributed by atoms with Crippen molar-refractivity contribution in [2.75, 3.05) is 32.5 Å². The number of fused-ring (bicyclic) bond motifs is 1. The summed E-state index contributed by atoms with van der Waals surface area (Å²) in [4.78, 5) is 22.4. The van der Waals surface area contributed by atoms with Crippen molar-refractivity contribution in [2.24, 2.45) is 11.8 Å². The van der Waals surface area contributed by atoms with Crippen LogP contribution in [0.5, 0.6) is 5.75 Å². The Morgan fingerprint density at radius 3 is 2.94 bits per heavy atom. The fraction of sp³-hybridized carbons (Fsp3) is 0.519. The second-order valence-corrected chi connectivity index (χ2v) is 11.6. The highest BCUT2D eigenvalue weighted by atomic mass is 32.2. The number of carboxylic acid groups (broad SMARTS) is 1. The molecule has 3 aromatic rings. The first kappa shape index (κ1) is 26.8. The fourth-order valence-corrected chi connectivity index (χ4v) is 6.80. The number of pyridine rings is 1. The van der Waals surface area contributed by atoms with Gasteiger partial charge in [-0.1, -0.05) is 11.8 Å². The number of carbonyl (C=O) groups is 1. The molecule has 0 aliphatic carbocycles. The van der Waals surface area contributed by atoms with Gasteiger partial charge in [-0.15, -0.1) is 11.3 Å². The number of rotatable bonds is 13. The Balaban J connectivity index is 1.33. The summed E-state index contributed by atoms with van der Waals surface area (Å²) in [6.45, 7) is 2.89. The number of hydrogen-bond donors (Lipinski definition) is 1. The number of carboxylic acids is 1. The van der Waals surface area contributed by atoms with Crippen molar-refractivity contribution in [3.63, 3.8) is 0 Å². The van der Waals surface area contributed by atoms with E-state index in [4.69, 9.17) is 4.74 Å². The van der Waals surface area contributed by atoms with Crippen LogP contribution in [-0.4, -0.2) is 58.4 Å². The summed E-state index contributed by atoms with van der Waals surface area (Å²) in [7, 11) is 1.60. The van der Waals surface area contributed by atoms with E-state index in [1.807, 2.05) is 29.8 Å². The molecule has 0 amide bonds. The number of halogens is 1. The van der Waals surface area contributed by atoms with E-state index in [-0.39, 0.29) is 12.3 Å². The summed E-state index contributed by atoms with van der Waals surface area (Å²) in [5.41, 5.74) is 1.41. The minimum Gasteiger partial charge on any atom is -0.497 e. The Labute approximate surface area is 220 Å². The first-order valence-corrected chi connectivity index (χ1v) is 14.4. The predicted octanol–water partition coefficient (Wildman–Crippen LogP) is 6.48. The molecule has 1 saturated heterocycles. The zero-order valence-corrected chi connectivity index (χ0v) is 22.3. The molecule has 1 aromatic carbocycles. The number of nitrogens with zero attached hydrogens (tertiary/aromatic N) is 3. The first-order valence-electron chi connectivity index (χ1n) is 12.6. The molecule has 3 atom stereocenters. The Morgan fingerprint density at radius 1 is 1.28 bits per heavy atom. The maximum Gasteiger partial charge on any atom is 0.303 e. The first-order chi connectivity index (χ1) is 17.5. The lowest BCUT2D eigenvalue weighted by Gasteiger charge is -2.39. The molecule has 0 saturated carbocycles. The van der Waals surface area contributed by atoms with E-state index < -0.39 is 12.1 Å². The molecule has 1 aliphatic rings. The molecular formula is C27H34FN3O3S2. The highest BCUT2D eigenvalue weighted by Crippen LogP contribution is 2.36. The molecule has 0 bridgehead atoms. The van der Waals surface area contributed by atoms with E-state index >= 15 is 4.39 Å². The number of alkyl halides is 1. The van der Waals surface area contributed by atoms with Crippen LogP contribution in [0.3, 0.4) is 0 Å². The second-order valence-electron chi connectivity index (χ2n) is 9.37. The molecule has 2 unspecified atom stereocenters. The number of piperidine rings is 1. The highest BCUT2D eigenvalue weighted by Gasteiger charge is 2.30. The van der Waals surface area contributed by atoms with E-state index in [0.29, 0.717) is 30.1 Å². The molecule has 36 heavy (non-hydrogen) atoms. The lowest BCUT2D eigenvalue weighted by Crippen LogP contribution is -2.41. The standard InChI is InChI=1S/C27H34FN3O3S2/c1-34-21-5-7-25-23(17-21)22(9-11-29-25)24(28)6-3-19-10-14-31(18-20(19)4-8-26(32)33)13-2-15-35-27-30-12-16-36-27/h5,7,9,11-12,16-17,19-20,24H,2-4,6,8,10,13-15,18H2,1H3,(H,32,33)/t19?,20?,24-/m0/s1. The van der Waals surface area contributed by atoms with Crippen molar-refractivity contribution in [2.45, 2.75) is 49.0 Å². The van der Waals surface area contributed by atoms with Gasteiger partial charge in [-0.2, -0.15) is 0 Å². The van der Waals surface area contributed by atoms with Gasteiger partial charge in [-0.05, 0) is 86.9 Å². The van der Waals surface area contributed by atoms with Gasteiger partial charge in [0.15, 0.2) is 0 Å². The van der Waals surface area contributed by atoms with E-state index in [1.54, 1.807) is 42.5 Å². The number of hydrogen-bond acceptors (Lipinski definition) is 7. The Hall–Kier alpha value is -2.23. The zero-order chi connectivity index (χ0) is 25.3. The minimum atomic E-state index is -1.09. The van der Waals surface area contributed by atoms with Crippen LogP contribution < -0.4 is 4.74 Å². The average molecular weight is 532 g/mol. The number of thioether (sulfide) groups is 1. The van der Waals surface area contributed by atoms with Gasteiger partial charge >= 0.3 is 5.97 Å². The van der Waals surface area contributed by atoms with Crippen LogP contribution in [-0.2, 0) is 4.79 Å². The largest absolute Gasteiger partial charge is 0.497 e. The van der Waals surface area contributed by atoms with E-state index in [0.717, 1.165) is 59.9 Å². The van der Waals surface area contributed by atoms with Crippen LogP contribution in [0.1, 0.15) is 50.3 Å². The fourth-order valence-electron chi connectivity index (χ4n) is 5.17. The van der Waals surface area contributed by atoms with Gasteiger partial charge in [-0.25, -0.2) is 9.37 Å². The molecule has 3 heterocycles. The number of aliphatic carboxylic acids is 1. The molecule has 1 N–H and O–H groups in total. The van der Waals surface area contributed by atoms with Gasteiger partial charge in [0.05, 0.1) is 12.6 Å².